The fourth-order valence-electron chi connectivity index (χ4n) is 2.90. The maximum Gasteiger partial charge on any atom is 0.0236 e. The fraction of sp³-hybridized carbons (Fsp3) is 0.625. The topological polar surface area (TPSA) is 29.3 Å². The molecule has 0 radical (unpaired) electrons. The molecule has 1 fully saturated rings. The Morgan fingerprint density at radius 2 is 1.83 bits per heavy atom. The number of likely N-dealkylation sites (tertiary alicyclic amines) is 1. The maximum absolute atomic E-state index is 5.69. The molecule has 18 heavy (non-hydrogen) atoms. The van der Waals surface area contributed by atoms with E-state index in [-0.39, 0.29) is 0 Å². The average Bonchev–Trinajstić information content (AvgIpc) is 2.42. The smallest absolute Gasteiger partial charge is 0.0236 e. The zero-order valence-electron chi connectivity index (χ0n) is 11.6. The molecule has 2 rings (SSSR count). The second kappa shape index (κ2) is 6.91. The lowest BCUT2D eigenvalue weighted by molar-refractivity contribution is 0.174. The Hall–Kier alpha value is -0.860. The summed E-state index contributed by atoms with van der Waals surface area (Å²) in [5.74, 6) is 0.959. The first-order valence-electron chi connectivity index (χ1n) is 7.32. The number of nitrogens with two attached hydrogens (primary N) is 1. The van der Waals surface area contributed by atoms with Crippen molar-refractivity contribution in [3.05, 3.63) is 35.4 Å². The number of nitrogens with zero attached hydrogens (tertiary/aromatic N) is 1. The maximum atomic E-state index is 5.69. The van der Waals surface area contributed by atoms with Gasteiger partial charge >= 0.3 is 0 Å². The van der Waals surface area contributed by atoms with E-state index in [0.717, 1.165) is 25.4 Å². The predicted molar refractivity (Wildman–Crippen MR) is 77.5 cm³/mol. The van der Waals surface area contributed by atoms with Crippen LogP contribution in [0.3, 0.4) is 0 Å². The van der Waals surface area contributed by atoms with Crippen molar-refractivity contribution in [1.82, 2.24) is 4.90 Å². The van der Waals surface area contributed by atoms with Crippen molar-refractivity contribution in [3.63, 3.8) is 0 Å². The Morgan fingerprint density at radius 3 is 2.44 bits per heavy atom. The molecule has 100 valence electrons. The first-order valence-corrected chi connectivity index (χ1v) is 7.32. The van der Waals surface area contributed by atoms with Crippen LogP contribution in [0.25, 0.3) is 0 Å². The Balaban J connectivity index is 1.93. The van der Waals surface area contributed by atoms with Crippen LogP contribution in [0.5, 0.6) is 0 Å². The van der Waals surface area contributed by atoms with Crippen LogP contribution < -0.4 is 5.73 Å². The number of rotatable bonds is 5. The van der Waals surface area contributed by atoms with E-state index >= 15 is 0 Å². The Kier molecular flexibility index (Phi) is 5.21. The minimum absolute atomic E-state index is 0.745. The summed E-state index contributed by atoms with van der Waals surface area (Å²) in [4.78, 5) is 2.60. The number of benzene rings is 1. The molecule has 1 aromatic carbocycles. The molecule has 0 spiro atoms. The van der Waals surface area contributed by atoms with Gasteiger partial charge in [0.15, 0.2) is 0 Å². The zero-order valence-corrected chi connectivity index (χ0v) is 11.6. The minimum Gasteiger partial charge on any atom is -0.330 e. The molecule has 1 saturated heterocycles. The molecular weight excluding hydrogens is 220 g/mol. The highest BCUT2D eigenvalue weighted by atomic mass is 15.1. The molecule has 0 aliphatic carbocycles. The molecule has 0 saturated carbocycles. The third-order valence-corrected chi connectivity index (χ3v) is 4.21. The van der Waals surface area contributed by atoms with E-state index in [1.807, 2.05) is 0 Å². The van der Waals surface area contributed by atoms with Gasteiger partial charge in [-0.25, -0.2) is 0 Å². The van der Waals surface area contributed by atoms with Gasteiger partial charge < -0.3 is 5.73 Å². The van der Waals surface area contributed by atoms with Crippen LogP contribution in [-0.2, 0) is 13.0 Å². The summed E-state index contributed by atoms with van der Waals surface area (Å²) in [6, 6.07) is 8.75. The van der Waals surface area contributed by atoms with Gasteiger partial charge in [-0.2, -0.15) is 0 Å². The largest absolute Gasteiger partial charge is 0.330 e. The van der Waals surface area contributed by atoms with Crippen molar-refractivity contribution >= 4 is 0 Å². The second-order valence-corrected chi connectivity index (χ2v) is 5.44. The van der Waals surface area contributed by atoms with Crippen molar-refractivity contribution in [2.75, 3.05) is 19.6 Å². The molecule has 0 bridgehead atoms. The third kappa shape index (κ3) is 3.56. The number of piperidine rings is 1. The molecule has 2 nitrogen and oxygen atoms in total. The summed E-state index contributed by atoms with van der Waals surface area (Å²) in [6.45, 7) is 6.68. The van der Waals surface area contributed by atoms with Gasteiger partial charge in [0, 0.05) is 6.54 Å². The van der Waals surface area contributed by atoms with Crippen molar-refractivity contribution in [3.8, 4) is 0 Å². The first-order chi connectivity index (χ1) is 8.83. The van der Waals surface area contributed by atoms with Gasteiger partial charge in [0.05, 0.1) is 0 Å². The molecule has 1 aliphatic rings. The van der Waals surface area contributed by atoms with Crippen LogP contribution >= 0.6 is 0 Å². The first kappa shape index (κ1) is 13.6. The lowest BCUT2D eigenvalue weighted by Gasteiger charge is -2.32. The van der Waals surface area contributed by atoms with Gasteiger partial charge in [0.1, 0.15) is 0 Å². The summed E-state index contributed by atoms with van der Waals surface area (Å²) in [5, 5.41) is 0. The highest BCUT2D eigenvalue weighted by Crippen LogP contribution is 2.22. The monoisotopic (exact) mass is 246 g/mol. The Bertz CT molecular complexity index is 354. The molecule has 2 heteroatoms. The van der Waals surface area contributed by atoms with Gasteiger partial charge in [-0.1, -0.05) is 37.6 Å². The predicted octanol–water partition coefficient (Wildman–Crippen LogP) is 2.81. The van der Waals surface area contributed by atoms with Gasteiger partial charge in [0.2, 0.25) is 0 Å². The number of hydrogen-bond donors (Lipinski definition) is 1. The van der Waals surface area contributed by atoms with Crippen LogP contribution in [0.1, 0.15) is 37.3 Å². The van der Waals surface area contributed by atoms with Crippen LogP contribution in [0.15, 0.2) is 24.3 Å². The molecule has 1 aliphatic heterocycles. The van der Waals surface area contributed by atoms with Crippen molar-refractivity contribution < 1.29 is 0 Å². The van der Waals surface area contributed by atoms with Crippen LogP contribution in [0.4, 0.5) is 0 Å². The molecular formula is C16H26N2. The van der Waals surface area contributed by atoms with E-state index in [1.54, 1.807) is 0 Å². The summed E-state index contributed by atoms with van der Waals surface area (Å²) < 4.78 is 0. The summed E-state index contributed by atoms with van der Waals surface area (Å²) in [7, 11) is 0. The molecule has 0 atom stereocenters. The molecule has 1 aromatic rings. The third-order valence-electron chi connectivity index (χ3n) is 4.21. The Morgan fingerprint density at radius 1 is 1.17 bits per heavy atom. The average molecular weight is 246 g/mol. The molecule has 1 heterocycles. The Labute approximate surface area is 111 Å². The van der Waals surface area contributed by atoms with Gasteiger partial charge in [-0.3, -0.25) is 4.90 Å². The van der Waals surface area contributed by atoms with Crippen molar-refractivity contribution in [2.45, 2.75) is 39.2 Å². The molecule has 0 amide bonds. The molecule has 0 aromatic heterocycles. The zero-order chi connectivity index (χ0) is 12.8. The van der Waals surface area contributed by atoms with Gasteiger partial charge in [-0.15, -0.1) is 0 Å². The van der Waals surface area contributed by atoms with Crippen LogP contribution in [0.2, 0.25) is 0 Å². The van der Waals surface area contributed by atoms with Crippen LogP contribution in [0, 0.1) is 5.92 Å². The number of hydrogen-bond acceptors (Lipinski definition) is 2. The van der Waals surface area contributed by atoms with E-state index in [4.69, 9.17) is 5.73 Å². The molecule has 2 N–H and O–H groups in total. The highest BCUT2D eigenvalue weighted by molar-refractivity contribution is 5.27. The fourth-order valence-corrected chi connectivity index (χ4v) is 2.90. The van der Waals surface area contributed by atoms with Crippen molar-refractivity contribution in [1.29, 1.82) is 0 Å². The summed E-state index contributed by atoms with van der Waals surface area (Å²) in [5.41, 5.74) is 8.58. The van der Waals surface area contributed by atoms with E-state index < -0.39 is 0 Å². The van der Waals surface area contributed by atoms with E-state index in [1.165, 1.54) is 43.5 Å². The van der Waals surface area contributed by atoms with E-state index in [9.17, 15) is 0 Å². The van der Waals surface area contributed by atoms with Crippen LogP contribution in [-0.4, -0.2) is 24.5 Å². The van der Waals surface area contributed by atoms with E-state index in [0.29, 0.717) is 0 Å². The SMILES string of the molecule is CCC1CCN(Cc2ccccc2CCN)CC1. The quantitative estimate of drug-likeness (QED) is 0.865. The second-order valence-electron chi connectivity index (χ2n) is 5.44. The lowest BCUT2D eigenvalue weighted by Crippen LogP contribution is -2.33. The summed E-state index contributed by atoms with van der Waals surface area (Å²) in [6.07, 6.45) is 5.09. The van der Waals surface area contributed by atoms with Gasteiger partial charge in [-0.05, 0) is 55.9 Å². The minimum atomic E-state index is 0.745. The highest BCUT2D eigenvalue weighted by Gasteiger charge is 2.18. The standard InChI is InChI=1S/C16H26N2/c1-2-14-8-11-18(12-9-14)13-16-6-4-3-5-15(16)7-10-17/h3-6,14H,2,7-13,17H2,1H3. The van der Waals surface area contributed by atoms with E-state index in [2.05, 4.69) is 36.1 Å². The normalized spacial score (nSPS) is 18.1. The molecule has 0 unspecified atom stereocenters. The summed E-state index contributed by atoms with van der Waals surface area (Å²) >= 11 is 0. The van der Waals surface area contributed by atoms with Gasteiger partial charge in [0.25, 0.3) is 0 Å². The van der Waals surface area contributed by atoms with Crippen molar-refractivity contribution in [2.24, 2.45) is 11.7 Å². The lowest BCUT2D eigenvalue weighted by atomic mass is 9.94.